The summed E-state index contributed by atoms with van der Waals surface area (Å²) in [6, 6.07) is 6.45. The molecule has 1 atom stereocenters. The number of alkyl halides is 2. The maximum atomic E-state index is 12.2. The van der Waals surface area contributed by atoms with Crippen molar-refractivity contribution in [2.24, 2.45) is 0 Å². The Hall–Kier alpha value is -2.15. The summed E-state index contributed by atoms with van der Waals surface area (Å²) in [5.41, 5.74) is 1.61. The standard InChI is InChI=1S/C14H17F2N3O2/c1-10(18-12-8-17-19(9-12)5-6-20)11-3-2-4-13(7-11)21-14(15)16/h2-4,7-10,14,18,20H,5-6H2,1H3. The molecule has 1 heterocycles. The van der Waals surface area contributed by atoms with Crippen molar-refractivity contribution in [3.8, 4) is 5.75 Å². The van der Waals surface area contributed by atoms with Crippen LogP contribution in [-0.2, 0) is 6.54 Å². The molecule has 7 heteroatoms. The third kappa shape index (κ3) is 4.42. The second-order valence-corrected chi connectivity index (χ2v) is 4.53. The Balaban J connectivity index is 2.03. The number of aliphatic hydroxyl groups excluding tert-OH is 1. The second kappa shape index (κ2) is 7.03. The second-order valence-electron chi connectivity index (χ2n) is 4.53. The van der Waals surface area contributed by atoms with Crippen molar-refractivity contribution in [3.63, 3.8) is 0 Å². The van der Waals surface area contributed by atoms with Crippen LogP contribution in [0.25, 0.3) is 0 Å². The summed E-state index contributed by atoms with van der Waals surface area (Å²) in [5.74, 6) is 0.132. The van der Waals surface area contributed by atoms with Crippen molar-refractivity contribution >= 4 is 5.69 Å². The van der Waals surface area contributed by atoms with Crippen LogP contribution in [0.2, 0.25) is 0 Å². The van der Waals surface area contributed by atoms with Crippen molar-refractivity contribution in [1.82, 2.24) is 9.78 Å². The fourth-order valence-electron chi connectivity index (χ4n) is 1.96. The van der Waals surface area contributed by atoms with E-state index in [-0.39, 0.29) is 18.4 Å². The first-order chi connectivity index (χ1) is 10.1. The molecule has 0 spiro atoms. The Morgan fingerprint density at radius 1 is 1.43 bits per heavy atom. The van der Waals surface area contributed by atoms with E-state index < -0.39 is 6.61 Å². The Kier molecular flexibility index (Phi) is 5.10. The van der Waals surface area contributed by atoms with Crippen molar-refractivity contribution in [1.29, 1.82) is 0 Å². The van der Waals surface area contributed by atoms with E-state index in [0.29, 0.717) is 6.54 Å². The van der Waals surface area contributed by atoms with Gasteiger partial charge in [-0.2, -0.15) is 13.9 Å². The number of ether oxygens (including phenoxy) is 1. The highest BCUT2D eigenvalue weighted by atomic mass is 19.3. The first-order valence-corrected chi connectivity index (χ1v) is 6.53. The SMILES string of the molecule is CC(Nc1cnn(CCO)c1)c1cccc(OC(F)F)c1. The average Bonchev–Trinajstić information content (AvgIpc) is 2.86. The van der Waals surface area contributed by atoms with Crippen LogP contribution in [0.1, 0.15) is 18.5 Å². The number of nitrogens with one attached hydrogen (secondary N) is 1. The van der Waals surface area contributed by atoms with Crippen LogP contribution in [0, 0.1) is 0 Å². The summed E-state index contributed by atoms with van der Waals surface area (Å²) in [6.07, 6.45) is 3.41. The van der Waals surface area contributed by atoms with Crippen LogP contribution in [0.4, 0.5) is 14.5 Å². The molecule has 0 radical (unpaired) electrons. The molecule has 0 saturated heterocycles. The number of benzene rings is 1. The van der Waals surface area contributed by atoms with Crippen molar-refractivity contribution in [2.75, 3.05) is 11.9 Å². The lowest BCUT2D eigenvalue weighted by Gasteiger charge is -2.15. The van der Waals surface area contributed by atoms with Crippen molar-refractivity contribution < 1.29 is 18.6 Å². The third-order valence-electron chi connectivity index (χ3n) is 2.93. The highest BCUT2D eigenvalue weighted by Gasteiger charge is 2.10. The van der Waals surface area contributed by atoms with E-state index >= 15 is 0 Å². The summed E-state index contributed by atoms with van der Waals surface area (Å²) in [6.45, 7) is -0.484. The molecule has 1 unspecified atom stereocenters. The number of hydrogen-bond donors (Lipinski definition) is 2. The first kappa shape index (κ1) is 15.2. The minimum absolute atomic E-state index is 0.0175. The van der Waals surface area contributed by atoms with Gasteiger partial charge in [-0.05, 0) is 24.6 Å². The van der Waals surface area contributed by atoms with Crippen LogP contribution < -0.4 is 10.1 Å². The Labute approximate surface area is 121 Å². The molecule has 0 amide bonds. The zero-order chi connectivity index (χ0) is 15.2. The molecule has 0 bridgehead atoms. The van der Waals surface area contributed by atoms with E-state index in [4.69, 9.17) is 5.11 Å². The van der Waals surface area contributed by atoms with E-state index in [1.807, 2.05) is 13.0 Å². The summed E-state index contributed by atoms with van der Waals surface area (Å²) in [7, 11) is 0. The van der Waals surface area contributed by atoms with Crippen molar-refractivity contribution in [3.05, 3.63) is 42.2 Å². The van der Waals surface area contributed by atoms with Gasteiger partial charge in [0.1, 0.15) is 5.75 Å². The maximum absolute atomic E-state index is 12.2. The zero-order valence-electron chi connectivity index (χ0n) is 11.5. The Morgan fingerprint density at radius 3 is 2.95 bits per heavy atom. The van der Waals surface area contributed by atoms with E-state index in [9.17, 15) is 8.78 Å². The van der Waals surface area contributed by atoms with Gasteiger partial charge >= 0.3 is 6.61 Å². The zero-order valence-corrected chi connectivity index (χ0v) is 11.5. The molecular weight excluding hydrogens is 280 g/mol. The molecule has 114 valence electrons. The minimum Gasteiger partial charge on any atom is -0.435 e. The van der Waals surface area contributed by atoms with Gasteiger partial charge in [0.15, 0.2) is 0 Å². The predicted octanol–water partition coefficient (Wildman–Crippen LogP) is 2.65. The van der Waals surface area contributed by atoms with Gasteiger partial charge in [-0.3, -0.25) is 4.68 Å². The molecule has 2 N–H and O–H groups in total. The molecule has 2 rings (SSSR count). The van der Waals surface area contributed by atoms with Crippen LogP contribution in [-0.4, -0.2) is 28.1 Å². The molecule has 1 aromatic carbocycles. The lowest BCUT2D eigenvalue weighted by Crippen LogP contribution is -2.07. The third-order valence-corrected chi connectivity index (χ3v) is 2.93. The van der Waals surface area contributed by atoms with Crippen LogP contribution in [0.15, 0.2) is 36.7 Å². The van der Waals surface area contributed by atoms with Gasteiger partial charge in [-0.25, -0.2) is 0 Å². The Bertz CT molecular complexity index is 575. The summed E-state index contributed by atoms with van der Waals surface area (Å²) < 4.78 is 30.4. The fraction of sp³-hybridized carbons (Fsp3) is 0.357. The van der Waals surface area contributed by atoms with Gasteiger partial charge in [0, 0.05) is 12.2 Å². The smallest absolute Gasteiger partial charge is 0.387 e. The number of anilines is 1. The van der Waals surface area contributed by atoms with Gasteiger partial charge in [-0.15, -0.1) is 0 Å². The predicted molar refractivity (Wildman–Crippen MR) is 74.4 cm³/mol. The maximum Gasteiger partial charge on any atom is 0.387 e. The lowest BCUT2D eigenvalue weighted by atomic mass is 10.1. The largest absolute Gasteiger partial charge is 0.435 e. The molecule has 21 heavy (non-hydrogen) atoms. The summed E-state index contributed by atoms with van der Waals surface area (Å²) in [5, 5.41) is 16.1. The van der Waals surface area contributed by atoms with Gasteiger partial charge in [0.2, 0.25) is 0 Å². The summed E-state index contributed by atoms with van der Waals surface area (Å²) >= 11 is 0. The quantitative estimate of drug-likeness (QED) is 0.825. The number of aliphatic hydroxyl groups is 1. The Morgan fingerprint density at radius 2 is 2.24 bits per heavy atom. The topological polar surface area (TPSA) is 59.3 Å². The molecule has 0 saturated carbocycles. The number of nitrogens with zero attached hydrogens (tertiary/aromatic N) is 2. The van der Waals surface area contributed by atoms with Gasteiger partial charge in [0.25, 0.3) is 0 Å². The molecule has 2 aromatic rings. The molecule has 5 nitrogen and oxygen atoms in total. The van der Waals surface area contributed by atoms with E-state index in [1.54, 1.807) is 29.2 Å². The minimum atomic E-state index is -2.83. The number of aromatic nitrogens is 2. The number of rotatable bonds is 7. The highest BCUT2D eigenvalue weighted by Crippen LogP contribution is 2.23. The summed E-state index contributed by atoms with van der Waals surface area (Å²) in [4.78, 5) is 0. The van der Waals surface area contributed by atoms with E-state index in [1.165, 1.54) is 6.07 Å². The molecular formula is C14H17F2N3O2. The molecule has 0 aliphatic carbocycles. The number of hydrogen-bond acceptors (Lipinski definition) is 4. The molecule has 0 aliphatic rings. The van der Waals surface area contributed by atoms with Gasteiger partial charge < -0.3 is 15.2 Å². The van der Waals surface area contributed by atoms with Crippen LogP contribution in [0.3, 0.4) is 0 Å². The van der Waals surface area contributed by atoms with Crippen LogP contribution in [0.5, 0.6) is 5.75 Å². The van der Waals surface area contributed by atoms with Crippen LogP contribution >= 0.6 is 0 Å². The number of halogens is 2. The lowest BCUT2D eigenvalue weighted by molar-refractivity contribution is -0.0498. The normalized spacial score (nSPS) is 12.4. The average molecular weight is 297 g/mol. The van der Waals surface area contributed by atoms with Crippen molar-refractivity contribution in [2.45, 2.75) is 26.1 Å². The molecule has 0 aliphatic heterocycles. The molecule has 1 aromatic heterocycles. The van der Waals surface area contributed by atoms with Gasteiger partial charge in [-0.1, -0.05) is 12.1 Å². The monoisotopic (exact) mass is 297 g/mol. The fourth-order valence-corrected chi connectivity index (χ4v) is 1.96. The molecule has 0 fully saturated rings. The highest BCUT2D eigenvalue weighted by molar-refractivity contribution is 5.42. The van der Waals surface area contributed by atoms with E-state index in [2.05, 4.69) is 15.2 Å². The first-order valence-electron chi connectivity index (χ1n) is 6.53. The van der Waals surface area contributed by atoms with E-state index in [0.717, 1.165) is 11.3 Å². The van der Waals surface area contributed by atoms with Gasteiger partial charge in [0.05, 0.1) is 25.0 Å².